The fourth-order valence-electron chi connectivity index (χ4n) is 2.28. The maximum absolute atomic E-state index is 12.6. The largest absolute Gasteiger partial charge is 0.389 e. The molecule has 0 aliphatic carbocycles. The maximum Gasteiger partial charge on any atom is 0.389 e. The van der Waals surface area contributed by atoms with Crippen molar-refractivity contribution in [3.63, 3.8) is 0 Å². The molecule has 0 saturated heterocycles. The molecule has 170 valence electrons. The van der Waals surface area contributed by atoms with Gasteiger partial charge in [-0.3, -0.25) is 15.4 Å². The number of hydroxylamine groups is 1. The minimum Gasteiger partial charge on any atom is -0.352 e. The fourth-order valence-corrected chi connectivity index (χ4v) is 2.28. The van der Waals surface area contributed by atoms with Crippen LogP contribution in [0.4, 0.5) is 18.9 Å². The number of hydrogen-bond donors (Lipinski definition) is 3. The molecule has 3 N–H and O–H groups in total. The first kappa shape index (κ1) is 26.1. The topological polar surface area (TPSA) is 90.4 Å². The van der Waals surface area contributed by atoms with E-state index in [1.807, 2.05) is 0 Å². The van der Waals surface area contributed by atoms with Crippen LogP contribution in [0.3, 0.4) is 0 Å². The number of rotatable bonds is 7. The number of nitrogens with zero attached hydrogens (tertiary/aromatic N) is 3. The highest BCUT2D eigenvalue weighted by atomic mass is 19.4. The van der Waals surface area contributed by atoms with Crippen LogP contribution in [0.5, 0.6) is 0 Å². The second-order valence-corrected chi connectivity index (χ2v) is 7.40. The molecule has 7 nitrogen and oxygen atoms in total. The molecule has 0 saturated carbocycles. The van der Waals surface area contributed by atoms with Gasteiger partial charge in [-0.1, -0.05) is 5.17 Å². The highest BCUT2D eigenvalue weighted by Gasteiger charge is 2.26. The average molecular weight is 439 g/mol. The van der Waals surface area contributed by atoms with E-state index in [9.17, 15) is 23.2 Å². The van der Waals surface area contributed by atoms with Gasteiger partial charge in [0.1, 0.15) is 0 Å². The van der Waals surface area contributed by atoms with Crippen LogP contribution in [0.25, 0.3) is 11.4 Å². The Labute approximate surface area is 179 Å². The number of hydrogen-bond acceptors (Lipinski definition) is 6. The lowest BCUT2D eigenvalue weighted by atomic mass is 10.1. The van der Waals surface area contributed by atoms with Crippen LogP contribution in [0.2, 0.25) is 0 Å². The van der Waals surface area contributed by atoms with Gasteiger partial charge >= 0.3 is 6.18 Å². The van der Waals surface area contributed by atoms with E-state index in [1.54, 1.807) is 51.4 Å². The Morgan fingerprint density at radius 1 is 1.16 bits per heavy atom. The summed E-state index contributed by atoms with van der Waals surface area (Å²) < 4.78 is 36.9. The Kier molecular flexibility index (Phi) is 9.60. The third-order valence-corrected chi connectivity index (χ3v) is 3.87. The number of benzene rings is 1. The zero-order valence-corrected chi connectivity index (χ0v) is 17.8. The lowest BCUT2D eigenvalue weighted by Crippen LogP contribution is -2.43. The normalized spacial score (nSPS) is 11.5. The van der Waals surface area contributed by atoms with Crippen molar-refractivity contribution in [1.29, 1.82) is 0 Å². The fraction of sp³-hybridized carbons (Fsp3) is 0.381. The predicted octanol–water partition coefficient (Wildman–Crippen LogP) is 4.83. The first-order valence-corrected chi connectivity index (χ1v) is 9.49. The monoisotopic (exact) mass is 439 g/mol. The van der Waals surface area contributed by atoms with Gasteiger partial charge in [-0.2, -0.15) is 13.2 Å². The zero-order valence-electron chi connectivity index (χ0n) is 17.8. The summed E-state index contributed by atoms with van der Waals surface area (Å²) in [5, 5.41) is 13.5. The van der Waals surface area contributed by atoms with Crippen molar-refractivity contribution >= 4 is 11.6 Å². The van der Waals surface area contributed by atoms with Crippen molar-refractivity contribution in [3.05, 3.63) is 55.4 Å². The van der Waals surface area contributed by atoms with Gasteiger partial charge in [0.05, 0.1) is 16.8 Å². The van der Waals surface area contributed by atoms with Crippen molar-refractivity contribution in [2.45, 2.75) is 45.3 Å². The summed E-state index contributed by atoms with van der Waals surface area (Å²) in [6, 6.07) is 6.42. The Morgan fingerprint density at radius 3 is 2.32 bits per heavy atom. The number of carbonyl (C=O) groups is 1. The molecule has 1 heterocycles. The quantitative estimate of drug-likeness (QED) is 0.325. The standard InChI is InChI=1S/C19H24F3N5O2.C2H4/c1-18(2,3)27(29)26-15-7-6-13(16-23-10-5-11-24-16)12-14(15)17(28)25-9-4-8-19(20,21)22;1-2/h5-7,10-12,26,29H,4,8-9H2,1-3H3,(H,25,28);1-2H2. The predicted molar refractivity (Wildman–Crippen MR) is 113 cm³/mol. The molecule has 0 bridgehead atoms. The van der Waals surface area contributed by atoms with E-state index >= 15 is 0 Å². The smallest absolute Gasteiger partial charge is 0.352 e. The number of amides is 1. The number of alkyl halides is 3. The molecule has 2 rings (SSSR count). The minimum absolute atomic E-state index is 0.133. The number of anilines is 1. The van der Waals surface area contributed by atoms with Gasteiger partial charge in [0.25, 0.3) is 5.91 Å². The Bertz CT molecular complexity index is 839. The first-order chi connectivity index (χ1) is 14.5. The molecule has 0 atom stereocenters. The Hall–Kier alpha value is -2.98. The van der Waals surface area contributed by atoms with E-state index in [4.69, 9.17) is 0 Å². The van der Waals surface area contributed by atoms with E-state index in [-0.39, 0.29) is 24.2 Å². The lowest BCUT2D eigenvalue weighted by Gasteiger charge is -2.30. The van der Waals surface area contributed by atoms with E-state index < -0.39 is 24.0 Å². The molecule has 0 fully saturated rings. The lowest BCUT2D eigenvalue weighted by molar-refractivity contribution is -0.135. The summed E-state index contributed by atoms with van der Waals surface area (Å²) in [5.41, 5.74) is 3.05. The number of hydrazine groups is 1. The van der Waals surface area contributed by atoms with Crippen LogP contribution >= 0.6 is 0 Å². The Morgan fingerprint density at radius 2 is 1.77 bits per heavy atom. The van der Waals surface area contributed by atoms with Crippen molar-refractivity contribution < 1.29 is 23.2 Å². The van der Waals surface area contributed by atoms with Crippen molar-refractivity contribution in [1.82, 2.24) is 20.5 Å². The molecule has 0 aliphatic heterocycles. The summed E-state index contributed by atoms with van der Waals surface area (Å²) in [7, 11) is 0. The second-order valence-electron chi connectivity index (χ2n) is 7.40. The molecule has 1 amide bonds. The Balaban J connectivity index is 0.00000233. The molecule has 0 unspecified atom stereocenters. The van der Waals surface area contributed by atoms with Gasteiger partial charge in [-0.25, -0.2) is 9.97 Å². The molecule has 1 aromatic carbocycles. The maximum atomic E-state index is 12.6. The summed E-state index contributed by atoms with van der Waals surface area (Å²) in [6.07, 6.45) is -2.37. The molecule has 0 aliphatic rings. The van der Waals surface area contributed by atoms with Gasteiger partial charge in [-0.05, 0) is 51.5 Å². The van der Waals surface area contributed by atoms with Gasteiger partial charge in [0, 0.05) is 30.9 Å². The third-order valence-electron chi connectivity index (χ3n) is 3.87. The highest BCUT2D eigenvalue weighted by molar-refractivity contribution is 6.00. The van der Waals surface area contributed by atoms with Crippen LogP contribution in [0, 0.1) is 0 Å². The van der Waals surface area contributed by atoms with Gasteiger partial charge < -0.3 is 5.32 Å². The van der Waals surface area contributed by atoms with Crippen LogP contribution in [0.15, 0.2) is 49.8 Å². The molecular formula is C21H28F3N5O2. The van der Waals surface area contributed by atoms with Crippen LogP contribution in [-0.2, 0) is 0 Å². The molecule has 0 radical (unpaired) electrons. The van der Waals surface area contributed by atoms with Crippen molar-refractivity contribution in [3.8, 4) is 11.4 Å². The molecule has 1 aromatic heterocycles. The van der Waals surface area contributed by atoms with E-state index in [0.29, 0.717) is 11.4 Å². The molecular weight excluding hydrogens is 411 g/mol. The van der Waals surface area contributed by atoms with Crippen LogP contribution in [-0.4, -0.2) is 44.5 Å². The number of aromatic nitrogens is 2. The number of nitrogens with one attached hydrogen (secondary N) is 2. The molecule has 31 heavy (non-hydrogen) atoms. The van der Waals surface area contributed by atoms with Gasteiger partial charge in [0.2, 0.25) is 0 Å². The molecule has 2 aromatic rings. The summed E-state index contributed by atoms with van der Waals surface area (Å²) >= 11 is 0. The summed E-state index contributed by atoms with van der Waals surface area (Å²) in [4.78, 5) is 20.9. The zero-order chi connectivity index (χ0) is 23.7. The van der Waals surface area contributed by atoms with Crippen LogP contribution < -0.4 is 10.7 Å². The second kappa shape index (κ2) is 11.4. The van der Waals surface area contributed by atoms with E-state index in [0.717, 1.165) is 5.17 Å². The summed E-state index contributed by atoms with van der Waals surface area (Å²) in [5.74, 6) is -0.184. The van der Waals surface area contributed by atoms with E-state index in [2.05, 4.69) is 33.9 Å². The van der Waals surface area contributed by atoms with Crippen molar-refractivity contribution in [2.75, 3.05) is 12.0 Å². The third kappa shape index (κ3) is 8.73. The highest BCUT2D eigenvalue weighted by Crippen LogP contribution is 2.25. The summed E-state index contributed by atoms with van der Waals surface area (Å²) in [6.45, 7) is 11.1. The van der Waals surface area contributed by atoms with Crippen molar-refractivity contribution in [2.24, 2.45) is 0 Å². The molecule has 0 spiro atoms. The van der Waals surface area contributed by atoms with E-state index in [1.165, 1.54) is 6.07 Å². The number of halogens is 3. The SMILES string of the molecule is C=C.CC(C)(C)N(O)Nc1ccc(-c2ncccn2)cc1C(=O)NCCCC(F)(F)F. The van der Waals surface area contributed by atoms with Gasteiger partial charge in [0.15, 0.2) is 5.82 Å². The molecule has 10 heteroatoms. The number of carbonyl (C=O) groups excluding carboxylic acids is 1. The average Bonchev–Trinajstić information content (AvgIpc) is 2.72. The minimum atomic E-state index is -4.27. The first-order valence-electron chi connectivity index (χ1n) is 9.49. The van der Waals surface area contributed by atoms with Crippen LogP contribution in [0.1, 0.15) is 44.0 Å². The van der Waals surface area contributed by atoms with Gasteiger partial charge in [-0.15, -0.1) is 13.2 Å².